The summed E-state index contributed by atoms with van der Waals surface area (Å²) in [5, 5.41) is 0. The maximum atomic E-state index is 4.72. The van der Waals surface area contributed by atoms with Crippen LogP contribution in [0, 0.1) is 0 Å². The molecule has 0 radical (unpaired) electrons. The van der Waals surface area contributed by atoms with Crippen molar-refractivity contribution in [2.75, 3.05) is 78.0 Å². The van der Waals surface area contributed by atoms with Gasteiger partial charge in [-0.2, -0.15) is 0 Å². The molecule has 0 aliphatic rings. The van der Waals surface area contributed by atoms with E-state index < -0.39 is 0 Å². The van der Waals surface area contributed by atoms with Gasteiger partial charge in [-0.05, 0) is 78.0 Å². The first-order valence-electron chi connectivity index (χ1n) is 6.00. The van der Waals surface area contributed by atoms with Gasteiger partial charge in [0.15, 0.2) is 0 Å². The van der Waals surface area contributed by atoms with Crippen LogP contribution in [0.3, 0.4) is 0 Å². The van der Waals surface area contributed by atoms with Crippen LogP contribution in [0.15, 0.2) is 0 Å². The van der Waals surface area contributed by atoms with Gasteiger partial charge in [-0.15, -0.1) is 31.7 Å². The Morgan fingerprint density at radius 3 is 0.667 bits per heavy atom. The molecule has 113 valence electrons. The molecule has 0 unspecified atom stereocenters. The van der Waals surface area contributed by atoms with Crippen LogP contribution in [0.2, 0.25) is 0 Å². The second-order valence-electron chi connectivity index (χ2n) is 5.21. The van der Waals surface area contributed by atoms with Gasteiger partial charge in [-0.1, -0.05) is 0 Å². The minimum atomic E-state index is 0.383. The number of hydrogen-bond acceptors (Lipinski definition) is 0. The predicted octanol–water partition coefficient (Wildman–Crippen LogP) is 5.63. The van der Waals surface area contributed by atoms with Crippen LogP contribution in [0.25, 0.3) is 0 Å². The second-order valence-corrected chi connectivity index (χ2v) is 15.6. The van der Waals surface area contributed by atoms with Crippen LogP contribution in [-0.4, -0.2) is 78.0 Å². The zero-order valence-corrected chi connectivity index (χ0v) is 20.7. The third kappa shape index (κ3) is 36.3. The number of rotatable bonds is 6. The van der Waals surface area contributed by atoms with Crippen molar-refractivity contribution in [3.63, 3.8) is 0 Å². The summed E-state index contributed by atoms with van der Waals surface area (Å²) < 4.78 is 0. The molecule has 0 aromatic heterocycles. The molecule has 0 N–H and O–H groups in total. The molecule has 0 aromatic carbocycles. The summed E-state index contributed by atoms with van der Waals surface area (Å²) in [6.45, 7) is 18.8. The first-order valence-corrected chi connectivity index (χ1v) is 19.3. The second kappa shape index (κ2) is 19.7. The van der Waals surface area contributed by atoms with E-state index in [-0.39, 0.29) is 0 Å². The minimum absolute atomic E-state index is 0.383. The average Bonchev–Trinajstić information content (AvgIpc) is 2.27. The summed E-state index contributed by atoms with van der Waals surface area (Å²) >= 11 is 1.06. The summed E-state index contributed by atoms with van der Waals surface area (Å²) in [6, 6.07) is 0. The van der Waals surface area contributed by atoms with Crippen molar-refractivity contribution in [1.82, 2.24) is 0 Å². The zero-order chi connectivity index (χ0) is 15.1. The van der Waals surface area contributed by atoms with Crippen molar-refractivity contribution in [2.24, 2.45) is 0 Å². The van der Waals surface area contributed by atoms with Crippen LogP contribution in [-0.2, 0) is 18.8 Å². The van der Waals surface area contributed by atoms with E-state index in [1.54, 1.807) is 0 Å². The van der Waals surface area contributed by atoms with Gasteiger partial charge in [0.05, 0.1) is 0 Å². The SMILES string of the molecule is CP(C)CCP(C)C.CP(C)CCP(C)C.[Cl][W]. The Balaban J connectivity index is -0.000000219. The predicted molar refractivity (Wildman–Crippen MR) is 100 cm³/mol. The van der Waals surface area contributed by atoms with E-state index in [1.165, 1.54) is 24.6 Å². The zero-order valence-electron chi connectivity index (χ0n) is 13.4. The monoisotopic (exact) mass is 519 g/mol. The molecule has 18 heavy (non-hydrogen) atoms. The molecular weight excluding hydrogens is 487 g/mol. The fourth-order valence-corrected chi connectivity index (χ4v) is 7.20. The van der Waals surface area contributed by atoms with Crippen LogP contribution >= 0.6 is 41.1 Å². The van der Waals surface area contributed by atoms with Gasteiger partial charge < -0.3 is 0 Å². The fourth-order valence-electron chi connectivity index (χ4n) is 0.800. The van der Waals surface area contributed by atoms with Crippen molar-refractivity contribution in [1.29, 1.82) is 0 Å². The van der Waals surface area contributed by atoms with Gasteiger partial charge >= 0.3 is 28.2 Å². The molecule has 0 spiro atoms. The van der Waals surface area contributed by atoms with Gasteiger partial charge in [-0.25, -0.2) is 0 Å². The van der Waals surface area contributed by atoms with E-state index in [4.69, 9.17) is 9.42 Å². The van der Waals surface area contributed by atoms with Gasteiger partial charge in [0.1, 0.15) is 0 Å². The fraction of sp³-hybridized carbons (Fsp3) is 1.00. The molecule has 0 nitrogen and oxygen atoms in total. The van der Waals surface area contributed by atoms with Crippen LogP contribution < -0.4 is 0 Å². The number of hydrogen-bond donors (Lipinski definition) is 0. The summed E-state index contributed by atoms with van der Waals surface area (Å²) in [7, 11) is 6.26. The quantitative estimate of drug-likeness (QED) is 0.400. The van der Waals surface area contributed by atoms with Gasteiger partial charge in [0, 0.05) is 0 Å². The Labute approximate surface area is 137 Å². The molecule has 6 heteroatoms. The molecule has 0 heterocycles. The summed E-state index contributed by atoms with van der Waals surface area (Å²) in [5.74, 6) is 0. The molecule has 0 aromatic rings. The van der Waals surface area contributed by atoms with Crippen molar-refractivity contribution in [3.8, 4) is 0 Å². The third-order valence-electron chi connectivity index (χ3n) is 1.99. The van der Waals surface area contributed by atoms with Crippen LogP contribution in [0.4, 0.5) is 0 Å². The Morgan fingerprint density at radius 2 is 0.611 bits per heavy atom. The first-order chi connectivity index (χ1) is 8.25. The van der Waals surface area contributed by atoms with E-state index in [0.717, 1.165) is 18.8 Å². The molecule has 0 fully saturated rings. The van der Waals surface area contributed by atoms with E-state index in [2.05, 4.69) is 53.3 Å². The molecule has 0 aliphatic carbocycles. The van der Waals surface area contributed by atoms with E-state index >= 15 is 0 Å². The average molecular weight is 520 g/mol. The van der Waals surface area contributed by atoms with Crippen LogP contribution in [0.1, 0.15) is 0 Å². The molecule has 0 saturated heterocycles. The Hall–Kier alpha value is 2.70. The van der Waals surface area contributed by atoms with Gasteiger partial charge in [-0.3, -0.25) is 0 Å². The third-order valence-corrected chi connectivity index (χ3v) is 7.17. The summed E-state index contributed by atoms with van der Waals surface area (Å²) in [6.07, 6.45) is 5.92. The van der Waals surface area contributed by atoms with Gasteiger partial charge in [0.25, 0.3) is 0 Å². The van der Waals surface area contributed by atoms with E-state index in [0.29, 0.717) is 31.7 Å². The van der Waals surface area contributed by atoms with Gasteiger partial charge in [0.2, 0.25) is 0 Å². The Bertz CT molecular complexity index is 112. The van der Waals surface area contributed by atoms with Crippen LogP contribution in [0.5, 0.6) is 0 Å². The molecule has 0 atom stereocenters. The van der Waals surface area contributed by atoms with Crippen molar-refractivity contribution >= 4 is 41.1 Å². The summed E-state index contributed by atoms with van der Waals surface area (Å²) in [5.41, 5.74) is 0. The van der Waals surface area contributed by atoms with Crippen molar-refractivity contribution in [2.45, 2.75) is 0 Å². The van der Waals surface area contributed by atoms with Crippen molar-refractivity contribution < 1.29 is 18.8 Å². The number of halogens is 1. The molecule has 0 rings (SSSR count). The molecular formula is C12H32ClP4W. The first kappa shape index (κ1) is 25.6. The Kier molecular flexibility index (Phi) is 28.1. The maximum absolute atomic E-state index is 4.72. The molecule has 0 saturated carbocycles. The molecule has 0 amide bonds. The molecule has 0 bridgehead atoms. The van der Waals surface area contributed by atoms with Crippen molar-refractivity contribution in [3.05, 3.63) is 0 Å². The van der Waals surface area contributed by atoms with E-state index in [9.17, 15) is 0 Å². The molecule has 0 aliphatic heterocycles. The standard InChI is InChI=1S/2C6H16P2.ClH.W/c2*1-7(2)5-6-8(3)4;;/h2*5-6H2,1-4H3;1H;/q;;;+1/p-1. The Morgan fingerprint density at radius 1 is 0.500 bits per heavy atom. The normalized spacial score (nSPS) is 10.3. The summed E-state index contributed by atoms with van der Waals surface area (Å²) in [4.78, 5) is 0. The van der Waals surface area contributed by atoms with E-state index in [1.807, 2.05) is 0 Å². The topological polar surface area (TPSA) is 0 Å².